The normalized spacial score (nSPS) is 17.9. The van der Waals surface area contributed by atoms with Crippen LogP contribution in [0.1, 0.15) is 35.4 Å². The largest absolute Gasteiger partial charge is 0.490 e. The minimum Gasteiger partial charge on any atom is -0.490 e. The van der Waals surface area contributed by atoms with Gasteiger partial charge in [0, 0.05) is 12.6 Å². The van der Waals surface area contributed by atoms with E-state index in [1.807, 2.05) is 31.2 Å². The average molecular weight is 507 g/mol. The number of nitrogens with one attached hydrogen (secondary N) is 1. The Morgan fingerprint density at radius 2 is 1.75 bits per heavy atom. The molecule has 0 radical (unpaired) electrons. The second-order valence-electron chi connectivity index (χ2n) is 8.32. The van der Waals surface area contributed by atoms with Crippen molar-refractivity contribution < 1.29 is 29.0 Å². The number of hydrogen-bond acceptors (Lipinski definition) is 8. The highest BCUT2D eigenvalue weighted by Gasteiger charge is 2.55. The maximum Gasteiger partial charge on any atom is 0.333 e. The SMILES string of the molecule is CCc1ccc([C@H](O)COc2ccc(C[C@@]3(C(=O)OCc4ccccc4)SC(=O)NC3=O)cc2)nc1. The first-order valence-corrected chi connectivity index (χ1v) is 12.3. The van der Waals surface area contributed by atoms with Gasteiger partial charge in [-0.05, 0) is 53.1 Å². The monoisotopic (exact) mass is 506 g/mol. The predicted octanol–water partition coefficient (Wildman–Crippen LogP) is 3.76. The molecule has 0 bridgehead atoms. The number of thioether (sulfide) groups is 1. The number of aliphatic hydroxyl groups is 1. The summed E-state index contributed by atoms with van der Waals surface area (Å²) in [6, 6.07) is 19.6. The van der Waals surface area contributed by atoms with Gasteiger partial charge in [-0.25, -0.2) is 4.79 Å². The van der Waals surface area contributed by atoms with Gasteiger partial charge < -0.3 is 14.6 Å². The molecule has 8 nitrogen and oxygen atoms in total. The number of esters is 1. The fourth-order valence-corrected chi connectivity index (χ4v) is 4.67. The van der Waals surface area contributed by atoms with Gasteiger partial charge in [-0.2, -0.15) is 0 Å². The van der Waals surface area contributed by atoms with Crippen molar-refractivity contribution >= 4 is 28.9 Å². The first-order valence-electron chi connectivity index (χ1n) is 11.5. The molecule has 2 heterocycles. The highest BCUT2D eigenvalue weighted by molar-refractivity contribution is 8.16. The summed E-state index contributed by atoms with van der Waals surface area (Å²) >= 11 is 0.632. The summed E-state index contributed by atoms with van der Waals surface area (Å²) in [5, 5.41) is 12.0. The second kappa shape index (κ2) is 11.4. The van der Waals surface area contributed by atoms with Gasteiger partial charge in [-0.15, -0.1) is 0 Å². The van der Waals surface area contributed by atoms with Crippen LogP contribution in [0.2, 0.25) is 0 Å². The smallest absolute Gasteiger partial charge is 0.333 e. The lowest BCUT2D eigenvalue weighted by Gasteiger charge is -2.22. The minimum absolute atomic E-state index is 0.00537. The molecule has 0 saturated carbocycles. The first-order chi connectivity index (χ1) is 17.4. The van der Waals surface area contributed by atoms with Crippen molar-refractivity contribution in [3.05, 3.63) is 95.3 Å². The molecule has 2 amide bonds. The van der Waals surface area contributed by atoms with Gasteiger partial charge in [0.15, 0.2) is 0 Å². The zero-order chi connectivity index (χ0) is 25.5. The maximum absolute atomic E-state index is 13.0. The van der Waals surface area contributed by atoms with Crippen LogP contribution in [0.15, 0.2) is 72.9 Å². The molecule has 2 N–H and O–H groups in total. The van der Waals surface area contributed by atoms with E-state index in [4.69, 9.17) is 9.47 Å². The third kappa shape index (κ3) is 5.92. The van der Waals surface area contributed by atoms with Crippen molar-refractivity contribution in [1.29, 1.82) is 0 Å². The van der Waals surface area contributed by atoms with Gasteiger partial charge in [0.05, 0.1) is 5.69 Å². The van der Waals surface area contributed by atoms with E-state index in [1.165, 1.54) is 0 Å². The van der Waals surface area contributed by atoms with Crippen LogP contribution < -0.4 is 10.1 Å². The molecular formula is C27H26N2O6S. The summed E-state index contributed by atoms with van der Waals surface area (Å²) < 4.78 is 9.39. The maximum atomic E-state index is 13.0. The third-order valence-corrected chi connectivity index (χ3v) is 6.91. The summed E-state index contributed by atoms with van der Waals surface area (Å²) in [6.07, 6.45) is 1.69. The van der Waals surface area contributed by atoms with Crippen LogP contribution in [0.4, 0.5) is 4.79 Å². The molecule has 1 aromatic heterocycles. The molecule has 36 heavy (non-hydrogen) atoms. The molecule has 2 atom stereocenters. The quantitative estimate of drug-likeness (QED) is 0.316. The van der Waals surface area contributed by atoms with Gasteiger partial charge in [-0.1, -0.05) is 55.5 Å². The lowest BCUT2D eigenvalue weighted by atomic mass is 9.97. The number of ether oxygens (including phenoxy) is 2. The van der Waals surface area contributed by atoms with Gasteiger partial charge in [-0.3, -0.25) is 19.9 Å². The lowest BCUT2D eigenvalue weighted by molar-refractivity contribution is -0.150. The first kappa shape index (κ1) is 25.4. The molecule has 1 saturated heterocycles. The van der Waals surface area contributed by atoms with Crippen molar-refractivity contribution in [3.8, 4) is 5.75 Å². The van der Waals surface area contributed by atoms with E-state index in [0.29, 0.717) is 28.8 Å². The average Bonchev–Trinajstić information content (AvgIpc) is 3.20. The molecule has 1 aliphatic rings. The summed E-state index contributed by atoms with van der Waals surface area (Å²) in [6.45, 7) is 2.04. The number of nitrogens with zero attached hydrogens (tertiary/aromatic N) is 1. The fourth-order valence-electron chi connectivity index (χ4n) is 3.68. The Labute approximate surface area is 213 Å². The number of aryl methyl sites for hydroxylation is 1. The van der Waals surface area contributed by atoms with Crippen LogP contribution in [0.5, 0.6) is 5.75 Å². The van der Waals surface area contributed by atoms with Crippen molar-refractivity contribution in [2.24, 2.45) is 0 Å². The fraction of sp³-hybridized carbons (Fsp3) is 0.259. The summed E-state index contributed by atoms with van der Waals surface area (Å²) in [5.41, 5.74) is 3.03. The van der Waals surface area contributed by atoms with Crippen molar-refractivity contribution in [2.75, 3.05) is 6.61 Å². The number of carbonyl (C=O) groups excluding carboxylic acids is 3. The van der Waals surface area contributed by atoms with E-state index in [1.54, 1.807) is 48.7 Å². The molecule has 0 spiro atoms. The number of aromatic nitrogens is 1. The third-order valence-electron chi connectivity index (χ3n) is 5.77. The van der Waals surface area contributed by atoms with E-state index in [2.05, 4.69) is 10.3 Å². The highest BCUT2D eigenvalue weighted by Crippen LogP contribution is 2.37. The van der Waals surface area contributed by atoms with Crippen molar-refractivity contribution in [1.82, 2.24) is 10.3 Å². The molecule has 9 heteroatoms. The molecule has 0 unspecified atom stereocenters. The van der Waals surface area contributed by atoms with Gasteiger partial charge in [0.25, 0.3) is 11.1 Å². The van der Waals surface area contributed by atoms with Gasteiger partial charge >= 0.3 is 5.97 Å². The van der Waals surface area contributed by atoms with Crippen LogP contribution in [-0.4, -0.2) is 38.6 Å². The van der Waals surface area contributed by atoms with Gasteiger partial charge in [0.1, 0.15) is 25.1 Å². The number of aliphatic hydroxyl groups excluding tert-OH is 1. The number of rotatable bonds is 10. The molecule has 186 valence electrons. The summed E-state index contributed by atoms with van der Waals surface area (Å²) in [4.78, 5) is 41.9. The molecule has 1 fully saturated rings. The summed E-state index contributed by atoms with van der Waals surface area (Å²) in [5.74, 6) is -0.964. The van der Waals surface area contributed by atoms with Crippen LogP contribution >= 0.6 is 11.8 Å². The van der Waals surface area contributed by atoms with Crippen LogP contribution in [0, 0.1) is 0 Å². The molecular weight excluding hydrogens is 480 g/mol. The Hall–Kier alpha value is -3.69. The number of pyridine rings is 1. The number of imide groups is 1. The van der Waals surface area contributed by atoms with Crippen LogP contribution in [0.3, 0.4) is 0 Å². The molecule has 4 rings (SSSR count). The number of amides is 2. The Kier molecular flexibility index (Phi) is 8.02. The zero-order valence-corrected chi connectivity index (χ0v) is 20.5. The Balaban J connectivity index is 1.39. The van der Waals surface area contributed by atoms with Crippen LogP contribution in [-0.2, 0) is 33.8 Å². The standard InChI is InChI=1S/C27H26N2O6S/c1-2-18-10-13-22(28-15-18)23(30)17-34-21-11-8-19(9-12-21)14-27(24(31)29-26(33)36-27)25(32)35-16-20-6-4-3-5-7-20/h3-13,15,23,30H,2,14,16-17H2,1H3,(H,29,31,33)/t23-,27-/m1/s1. The Bertz CT molecular complexity index is 1220. The minimum atomic E-state index is -1.71. The number of carbonyl (C=O) groups is 3. The van der Waals surface area contributed by atoms with E-state index in [9.17, 15) is 19.5 Å². The van der Waals surface area contributed by atoms with Crippen molar-refractivity contribution in [3.63, 3.8) is 0 Å². The molecule has 3 aromatic rings. The molecule has 1 aliphatic heterocycles. The molecule has 2 aromatic carbocycles. The van der Waals surface area contributed by atoms with E-state index >= 15 is 0 Å². The van der Waals surface area contributed by atoms with Gasteiger partial charge in [0.2, 0.25) is 4.75 Å². The number of benzene rings is 2. The Morgan fingerprint density at radius 3 is 2.36 bits per heavy atom. The second-order valence-corrected chi connectivity index (χ2v) is 9.60. The van der Waals surface area contributed by atoms with E-state index < -0.39 is 28.0 Å². The van der Waals surface area contributed by atoms with Crippen LogP contribution in [0.25, 0.3) is 0 Å². The zero-order valence-electron chi connectivity index (χ0n) is 19.7. The van der Waals surface area contributed by atoms with E-state index in [0.717, 1.165) is 17.5 Å². The number of hydrogen-bond donors (Lipinski definition) is 2. The Morgan fingerprint density at radius 1 is 1.03 bits per heavy atom. The summed E-state index contributed by atoms with van der Waals surface area (Å²) in [7, 11) is 0. The van der Waals surface area contributed by atoms with Crippen molar-refractivity contribution in [2.45, 2.75) is 37.2 Å². The lowest BCUT2D eigenvalue weighted by Crippen LogP contribution is -2.46. The highest BCUT2D eigenvalue weighted by atomic mass is 32.2. The topological polar surface area (TPSA) is 115 Å². The molecule has 0 aliphatic carbocycles. The predicted molar refractivity (Wildman–Crippen MR) is 134 cm³/mol. The van der Waals surface area contributed by atoms with E-state index in [-0.39, 0.29) is 19.6 Å².